The van der Waals surface area contributed by atoms with Gasteiger partial charge in [0, 0.05) is 48.6 Å². The van der Waals surface area contributed by atoms with Crippen molar-refractivity contribution in [1.82, 2.24) is 25.1 Å². The summed E-state index contributed by atoms with van der Waals surface area (Å²) in [5.74, 6) is -0.291. The molecule has 0 unspecified atom stereocenters. The fourth-order valence-corrected chi connectivity index (χ4v) is 5.63. The van der Waals surface area contributed by atoms with Crippen LogP contribution in [0.15, 0.2) is 41.5 Å². The molecule has 1 aliphatic carbocycles. The van der Waals surface area contributed by atoms with E-state index in [1.54, 1.807) is 12.1 Å². The van der Waals surface area contributed by atoms with E-state index in [0.29, 0.717) is 28.8 Å². The van der Waals surface area contributed by atoms with Crippen LogP contribution in [0.3, 0.4) is 0 Å². The summed E-state index contributed by atoms with van der Waals surface area (Å²) in [4.78, 5) is 18.5. The number of aromatic hydroxyl groups is 1. The lowest BCUT2D eigenvalue weighted by Gasteiger charge is -2.46. The van der Waals surface area contributed by atoms with Gasteiger partial charge in [-0.25, -0.2) is 13.8 Å². The lowest BCUT2D eigenvalue weighted by Crippen LogP contribution is -2.62. The summed E-state index contributed by atoms with van der Waals surface area (Å²) in [6, 6.07) is 5.93. The van der Waals surface area contributed by atoms with Crippen molar-refractivity contribution in [2.45, 2.75) is 68.9 Å². The Morgan fingerprint density at radius 1 is 1.14 bits per heavy atom. The van der Waals surface area contributed by atoms with Crippen molar-refractivity contribution in [3.8, 4) is 28.1 Å². The summed E-state index contributed by atoms with van der Waals surface area (Å²) >= 11 is 0. The zero-order chi connectivity index (χ0) is 25.0. The topological polar surface area (TPSA) is 96.2 Å². The Morgan fingerprint density at radius 3 is 2.69 bits per heavy atom. The smallest absolute Gasteiger partial charge is 0.251 e. The molecule has 2 N–H and O–H groups in total. The first-order chi connectivity index (χ1) is 17.4. The van der Waals surface area contributed by atoms with Crippen LogP contribution in [0.2, 0.25) is 0 Å². The summed E-state index contributed by atoms with van der Waals surface area (Å²) in [7, 11) is 1.47. The Balaban J connectivity index is 1.27. The van der Waals surface area contributed by atoms with Crippen molar-refractivity contribution in [2.24, 2.45) is 7.05 Å². The monoisotopic (exact) mass is 494 g/mol. The number of alkyl halides is 1. The van der Waals surface area contributed by atoms with Gasteiger partial charge in [0.2, 0.25) is 5.95 Å². The number of halogens is 2. The van der Waals surface area contributed by atoms with Gasteiger partial charge in [0.05, 0.1) is 12.2 Å². The highest BCUT2D eigenvalue weighted by Crippen LogP contribution is 2.39. The van der Waals surface area contributed by atoms with Crippen molar-refractivity contribution in [2.75, 3.05) is 4.90 Å². The third kappa shape index (κ3) is 4.13. The van der Waals surface area contributed by atoms with E-state index in [2.05, 4.69) is 20.5 Å². The standard InChI is InChI=1S/C26H28F2N6O2/c1-33-13-19(27)18(11-24(33)36)14-5-8-17(23(35)9-14)21-12-29-26(32-31-21)34(16-6-7-16)22-10-15-3-2-4-20(30-15)25(22)28/h5,8-9,11-13,15-16,20,22,25,30,35H,2-4,6-7,10H2,1H3/t15-,20-,22+,25-/m0/s1. The molecule has 2 bridgehead atoms. The lowest BCUT2D eigenvalue weighted by atomic mass is 9.82. The Hall–Kier alpha value is -3.40. The molecule has 3 aromatic rings. The molecule has 3 aliphatic rings. The van der Waals surface area contributed by atoms with Crippen molar-refractivity contribution < 1.29 is 13.9 Å². The molecule has 2 aliphatic heterocycles. The van der Waals surface area contributed by atoms with E-state index in [1.165, 1.54) is 25.4 Å². The number of aryl methyl sites for hydroxylation is 1. The number of hydrogen-bond acceptors (Lipinski definition) is 7. The highest BCUT2D eigenvalue weighted by atomic mass is 19.1. The van der Waals surface area contributed by atoms with Gasteiger partial charge in [0.15, 0.2) is 0 Å². The van der Waals surface area contributed by atoms with Crippen LogP contribution in [0.1, 0.15) is 38.5 Å². The molecule has 4 heterocycles. The van der Waals surface area contributed by atoms with E-state index >= 15 is 4.39 Å². The summed E-state index contributed by atoms with van der Waals surface area (Å²) in [5.41, 5.74) is 0.851. The molecule has 36 heavy (non-hydrogen) atoms. The molecule has 6 rings (SSSR count). The minimum atomic E-state index is -0.989. The van der Waals surface area contributed by atoms with Crippen LogP contribution < -0.4 is 15.8 Å². The number of fused-ring (bicyclic) bond motifs is 2. The second-order valence-electron chi connectivity index (χ2n) is 10.1. The highest BCUT2D eigenvalue weighted by molar-refractivity contribution is 5.74. The van der Waals surface area contributed by atoms with Gasteiger partial charge in [-0.1, -0.05) is 12.5 Å². The molecule has 1 saturated carbocycles. The number of nitrogens with zero attached hydrogens (tertiary/aromatic N) is 5. The number of aromatic nitrogens is 4. The van der Waals surface area contributed by atoms with Gasteiger partial charge in [0.1, 0.15) is 23.4 Å². The summed E-state index contributed by atoms with van der Waals surface area (Å²) in [5, 5.41) is 22.7. The molecule has 188 valence electrons. The van der Waals surface area contributed by atoms with E-state index in [1.807, 2.05) is 4.90 Å². The number of hydrogen-bond donors (Lipinski definition) is 2. The van der Waals surface area contributed by atoms with Gasteiger partial charge in [-0.15, -0.1) is 10.2 Å². The van der Waals surface area contributed by atoms with Crippen molar-refractivity contribution in [1.29, 1.82) is 0 Å². The van der Waals surface area contributed by atoms with Crippen LogP contribution in [-0.2, 0) is 7.05 Å². The third-order valence-electron chi connectivity index (χ3n) is 7.64. The van der Waals surface area contributed by atoms with E-state index in [0.717, 1.165) is 49.3 Å². The second-order valence-corrected chi connectivity index (χ2v) is 10.1. The SMILES string of the molecule is Cn1cc(F)c(-c2ccc(-c3cnc(N(C4CC4)[C@@H]4C[C@@H]5CCC[C@H](N5)[C@@H]4F)nn3)c(O)c2)cc1=O. The summed E-state index contributed by atoms with van der Waals surface area (Å²) < 4.78 is 31.0. The third-order valence-corrected chi connectivity index (χ3v) is 7.64. The number of nitrogens with one attached hydrogen (secondary N) is 1. The van der Waals surface area contributed by atoms with E-state index in [9.17, 15) is 14.3 Å². The maximum Gasteiger partial charge on any atom is 0.251 e. The molecule has 0 spiro atoms. The van der Waals surface area contributed by atoms with Crippen LogP contribution in [0.25, 0.3) is 22.4 Å². The van der Waals surface area contributed by atoms with E-state index in [-0.39, 0.29) is 35.0 Å². The predicted octanol–water partition coefficient (Wildman–Crippen LogP) is 3.34. The fraction of sp³-hybridized carbons (Fsp3) is 0.462. The Morgan fingerprint density at radius 2 is 1.97 bits per heavy atom. The van der Waals surface area contributed by atoms with Crippen LogP contribution in [0, 0.1) is 5.82 Å². The van der Waals surface area contributed by atoms with Gasteiger partial charge in [-0.3, -0.25) is 4.79 Å². The molecular weight excluding hydrogens is 466 g/mol. The molecule has 8 nitrogen and oxygen atoms in total. The van der Waals surface area contributed by atoms with Gasteiger partial charge >= 0.3 is 0 Å². The molecule has 3 fully saturated rings. The van der Waals surface area contributed by atoms with Gasteiger partial charge in [0.25, 0.3) is 5.56 Å². The first-order valence-electron chi connectivity index (χ1n) is 12.5. The second kappa shape index (κ2) is 8.92. The molecule has 2 saturated heterocycles. The number of rotatable bonds is 5. The molecular formula is C26H28F2N6O2. The number of piperidine rings is 2. The maximum absolute atomic E-state index is 15.4. The van der Waals surface area contributed by atoms with Crippen molar-refractivity contribution >= 4 is 5.95 Å². The lowest BCUT2D eigenvalue weighted by molar-refractivity contribution is 0.103. The van der Waals surface area contributed by atoms with Crippen molar-refractivity contribution in [3.63, 3.8) is 0 Å². The molecule has 0 amide bonds. The number of phenolic OH excluding ortho intramolecular Hbond substituents is 1. The van der Waals surface area contributed by atoms with Gasteiger partial charge in [-0.05, 0) is 49.8 Å². The molecule has 1 aromatic carbocycles. The van der Waals surface area contributed by atoms with E-state index < -0.39 is 12.0 Å². The quantitative estimate of drug-likeness (QED) is 0.562. The highest BCUT2D eigenvalue weighted by Gasteiger charge is 2.47. The molecule has 2 aromatic heterocycles. The first-order valence-corrected chi connectivity index (χ1v) is 12.5. The Kier molecular flexibility index (Phi) is 5.70. The average molecular weight is 495 g/mol. The minimum absolute atomic E-state index is 0.104. The number of benzene rings is 1. The first kappa shape index (κ1) is 23.0. The number of anilines is 1. The molecule has 10 heteroatoms. The number of phenols is 1. The minimum Gasteiger partial charge on any atom is -0.507 e. The van der Waals surface area contributed by atoms with Gasteiger partial charge < -0.3 is 19.9 Å². The zero-order valence-electron chi connectivity index (χ0n) is 19.9. The Labute approximate surface area is 207 Å². The Bertz CT molecular complexity index is 1340. The predicted molar refractivity (Wildman–Crippen MR) is 131 cm³/mol. The number of pyridine rings is 1. The normalized spacial score (nSPS) is 25.5. The average Bonchev–Trinajstić information content (AvgIpc) is 3.71. The summed E-state index contributed by atoms with van der Waals surface area (Å²) in [6.07, 6.45) is 7.31. The van der Waals surface area contributed by atoms with Crippen LogP contribution in [-0.4, -0.2) is 55.2 Å². The van der Waals surface area contributed by atoms with Crippen LogP contribution in [0.5, 0.6) is 5.75 Å². The fourth-order valence-electron chi connectivity index (χ4n) is 5.63. The summed E-state index contributed by atoms with van der Waals surface area (Å²) in [6.45, 7) is 0. The van der Waals surface area contributed by atoms with Crippen LogP contribution in [0.4, 0.5) is 14.7 Å². The van der Waals surface area contributed by atoms with Gasteiger partial charge in [-0.2, -0.15) is 0 Å². The molecule has 0 radical (unpaired) electrons. The van der Waals surface area contributed by atoms with E-state index in [4.69, 9.17) is 0 Å². The van der Waals surface area contributed by atoms with Crippen LogP contribution >= 0.6 is 0 Å². The van der Waals surface area contributed by atoms with Crippen molar-refractivity contribution in [3.05, 3.63) is 52.8 Å². The zero-order valence-corrected chi connectivity index (χ0v) is 19.9. The largest absolute Gasteiger partial charge is 0.507 e. The molecule has 4 atom stereocenters. The maximum atomic E-state index is 15.4.